The highest BCUT2D eigenvalue weighted by Gasteiger charge is 2.47. The second kappa shape index (κ2) is 13.8. The molecule has 1 fully saturated rings. The number of rotatable bonds is 12. The molecule has 0 aromatic heterocycles. The third kappa shape index (κ3) is 7.58. The van der Waals surface area contributed by atoms with Gasteiger partial charge >= 0.3 is 0 Å². The molecule has 3 aromatic carbocycles. The van der Waals surface area contributed by atoms with Crippen molar-refractivity contribution in [1.29, 1.82) is 0 Å². The standard InChI is InChI=1S/C30H33NO6/c1-2-18-35-28-26(31-29(32)24-16-10-5-11-17-24)30(33)37-25(21-34-19-22-12-6-3-7-13-22)27(28)36-20-23-14-8-4-9-15-23/h2-17,25-28,30,33H,1,18-21H2,(H,31,32)/t25-,26-,27-,28-,30+/m1/s1. The maximum Gasteiger partial charge on any atom is 0.251 e. The van der Waals surface area contributed by atoms with Crippen LogP contribution in [0.5, 0.6) is 0 Å². The minimum absolute atomic E-state index is 0.165. The fourth-order valence-electron chi connectivity index (χ4n) is 4.24. The lowest BCUT2D eigenvalue weighted by Crippen LogP contribution is -2.65. The van der Waals surface area contributed by atoms with Gasteiger partial charge in [0.05, 0.1) is 26.4 Å². The monoisotopic (exact) mass is 503 g/mol. The van der Waals surface area contributed by atoms with Crippen LogP contribution in [0.2, 0.25) is 0 Å². The molecule has 0 saturated carbocycles. The lowest BCUT2D eigenvalue weighted by molar-refractivity contribution is -0.273. The van der Waals surface area contributed by atoms with Gasteiger partial charge in [0, 0.05) is 5.56 Å². The molecule has 0 spiro atoms. The SMILES string of the molecule is C=CCO[C@@H]1[C@@H](NC(=O)c2ccccc2)[C@@H](O)O[C@H](COCc2ccccc2)[C@H]1OCc1ccccc1. The number of ether oxygens (including phenoxy) is 4. The summed E-state index contributed by atoms with van der Waals surface area (Å²) < 4.78 is 24.3. The normalized spacial score (nSPS) is 23.3. The molecule has 5 atom stereocenters. The van der Waals surface area contributed by atoms with Gasteiger partial charge in [0.15, 0.2) is 6.29 Å². The molecule has 0 aliphatic carbocycles. The van der Waals surface area contributed by atoms with E-state index >= 15 is 0 Å². The van der Waals surface area contributed by atoms with Crippen LogP contribution in [-0.4, -0.2) is 54.9 Å². The molecular formula is C30H33NO6. The molecule has 2 N–H and O–H groups in total. The summed E-state index contributed by atoms with van der Waals surface area (Å²) in [5.74, 6) is -0.346. The molecule has 37 heavy (non-hydrogen) atoms. The number of carbonyl (C=O) groups excluding carboxylic acids is 1. The zero-order valence-corrected chi connectivity index (χ0v) is 20.6. The first-order chi connectivity index (χ1) is 18.2. The van der Waals surface area contributed by atoms with Gasteiger partial charge in [-0.05, 0) is 23.3 Å². The summed E-state index contributed by atoms with van der Waals surface area (Å²) in [5, 5.41) is 13.9. The summed E-state index contributed by atoms with van der Waals surface area (Å²) in [6.07, 6.45) is -1.71. The third-order valence-corrected chi connectivity index (χ3v) is 6.08. The van der Waals surface area contributed by atoms with E-state index in [0.29, 0.717) is 18.8 Å². The fraction of sp³-hybridized carbons (Fsp3) is 0.300. The number of aliphatic hydroxyl groups excluding tert-OH is 1. The Hall–Kier alpha value is -3.33. The number of carbonyl (C=O) groups is 1. The van der Waals surface area contributed by atoms with Crippen molar-refractivity contribution in [3.05, 3.63) is 120 Å². The van der Waals surface area contributed by atoms with E-state index in [2.05, 4.69) is 11.9 Å². The van der Waals surface area contributed by atoms with Gasteiger partial charge in [-0.1, -0.05) is 84.9 Å². The Morgan fingerprint density at radius 2 is 1.46 bits per heavy atom. The fourth-order valence-corrected chi connectivity index (χ4v) is 4.24. The van der Waals surface area contributed by atoms with Crippen molar-refractivity contribution >= 4 is 5.91 Å². The summed E-state index contributed by atoms with van der Waals surface area (Å²) >= 11 is 0. The van der Waals surface area contributed by atoms with Crippen molar-refractivity contribution in [3.63, 3.8) is 0 Å². The van der Waals surface area contributed by atoms with E-state index in [-0.39, 0.29) is 19.1 Å². The van der Waals surface area contributed by atoms with E-state index in [0.717, 1.165) is 11.1 Å². The van der Waals surface area contributed by atoms with Crippen LogP contribution in [-0.2, 0) is 32.2 Å². The number of aliphatic hydroxyl groups is 1. The van der Waals surface area contributed by atoms with Crippen molar-refractivity contribution in [3.8, 4) is 0 Å². The zero-order valence-electron chi connectivity index (χ0n) is 20.6. The molecule has 0 bridgehead atoms. The molecule has 7 nitrogen and oxygen atoms in total. The Balaban J connectivity index is 1.53. The van der Waals surface area contributed by atoms with Gasteiger partial charge in [0.25, 0.3) is 5.91 Å². The third-order valence-electron chi connectivity index (χ3n) is 6.08. The Kier molecular flexibility index (Phi) is 9.99. The van der Waals surface area contributed by atoms with Crippen LogP contribution in [0.1, 0.15) is 21.5 Å². The van der Waals surface area contributed by atoms with Gasteiger partial charge < -0.3 is 29.4 Å². The Morgan fingerprint density at radius 3 is 2.08 bits per heavy atom. The topological polar surface area (TPSA) is 86.3 Å². The van der Waals surface area contributed by atoms with Crippen molar-refractivity contribution in [2.45, 2.75) is 43.9 Å². The van der Waals surface area contributed by atoms with Crippen molar-refractivity contribution in [2.24, 2.45) is 0 Å². The van der Waals surface area contributed by atoms with Crippen LogP contribution in [0.15, 0.2) is 104 Å². The molecule has 1 aliphatic rings. The minimum Gasteiger partial charge on any atom is -0.374 e. The number of nitrogens with one attached hydrogen (secondary N) is 1. The van der Waals surface area contributed by atoms with Crippen LogP contribution in [0.4, 0.5) is 0 Å². The van der Waals surface area contributed by atoms with Crippen LogP contribution in [0.25, 0.3) is 0 Å². The average molecular weight is 504 g/mol. The molecule has 4 rings (SSSR count). The van der Waals surface area contributed by atoms with Gasteiger partial charge in [-0.3, -0.25) is 4.79 Å². The summed E-state index contributed by atoms with van der Waals surface area (Å²) in [6, 6.07) is 27.5. The minimum atomic E-state index is -1.33. The van der Waals surface area contributed by atoms with E-state index in [1.165, 1.54) is 0 Å². The molecule has 1 saturated heterocycles. The van der Waals surface area contributed by atoms with Crippen LogP contribution < -0.4 is 5.32 Å². The van der Waals surface area contributed by atoms with Gasteiger partial charge in [0.2, 0.25) is 0 Å². The smallest absolute Gasteiger partial charge is 0.251 e. The van der Waals surface area contributed by atoms with Gasteiger partial charge in [-0.15, -0.1) is 6.58 Å². The van der Waals surface area contributed by atoms with E-state index in [1.807, 2.05) is 66.7 Å². The lowest BCUT2D eigenvalue weighted by atomic mass is 9.95. The first-order valence-electron chi connectivity index (χ1n) is 12.3. The predicted octanol–water partition coefficient (Wildman–Crippen LogP) is 3.88. The number of amides is 1. The molecule has 1 aliphatic heterocycles. The van der Waals surface area contributed by atoms with E-state index < -0.39 is 30.6 Å². The summed E-state index contributed by atoms with van der Waals surface area (Å²) in [7, 11) is 0. The Morgan fingerprint density at radius 1 is 0.865 bits per heavy atom. The Bertz CT molecular complexity index is 1090. The second-order valence-corrected chi connectivity index (χ2v) is 8.78. The molecular weight excluding hydrogens is 470 g/mol. The highest BCUT2D eigenvalue weighted by atomic mass is 16.7. The molecule has 3 aromatic rings. The summed E-state index contributed by atoms with van der Waals surface area (Å²) in [5.41, 5.74) is 2.46. The zero-order chi connectivity index (χ0) is 25.9. The molecule has 7 heteroatoms. The molecule has 0 radical (unpaired) electrons. The molecule has 0 unspecified atom stereocenters. The highest BCUT2D eigenvalue weighted by molar-refractivity contribution is 5.94. The number of hydrogen-bond donors (Lipinski definition) is 2. The lowest BCUT2D eigenvalue weighted by Gasteiger charge is -2.44. The maximum atomic E-state index is 13.0. The van der Waals surface area contributed by atoms with Gasteiger partial charge in [-0.25, -0.2) is 0 Å². The van der Waals surface area contributed by atoms with Gasteiger partial charge in [0.1, 0.15) is 24.4 Å². The average Bonchev–Trinajstić information content (AvgIpc) is 2.94. The van der Waals surface area contributed by atoms with Crippen molar-refractivity contribution in [2.75, 3.05) is 13.2 Å². The van der Waals surface area contributed by atoms with E-state index in [9.17, 15) is 9.90 Å². The highest BCUT2D eigenvalue weighted by Crippen LogP contribution is 2.27. The summed E-state index contributed by atoms with van der Waals surface area (Å²) in [4.78, 5) is 13.0. The Labute approximate surface area is 217 Å². The molecule has 1 heterocycles. The van der Waals surface area contributed by atoms with Crippen molar-refractivity contribution < 1.29 is 28.8 Å². The first-order valence-corrected chi connectivity index (χ1v) is 12.3. The van der Waals surface area contributed by atoms with Gasteiger partial charge in [-0.2, -0.15) is 0 Å². The molecule has 1 amide bonds. The number of benzene rings is 3. The molecule has 194 valence electrons. The second-order valence-electron chi connectivity index (χ2n) is 8.78. The first kappa shape index (κ1) is 26.7. The van der Waals surface area contributed by atoms with Crippen molar-refractivity contribution in [1.82, 2.24) is 5.32 Å². The van der Waals surface area contributed by atoms with Crippen LogP contribution in [0.3, 0.4) is 0 Å². The quantitative estimate of drug-likeness (QED) is 0.365. The van der Waals surface area contributed by atoms with E-state index in [4.69, 9.17) is 18.9 Å². The van der Waals surface area contributed by atoms with Crippen LogP contribution >= 0.6 is 0 Å². The summed E-state index contributed by atoms with van der Waals surface area (Å²) in [6.45, 7) is 4.80. The largest absolute Gasteiger partial charge is 0.374 e. The van der Waals surface area contributed by atoms with E-state index in [1.54, 1.807) is 30.3 Å². The predicted molar refractivity (Wildman–Crippen MR) is 140 cm³/mol. The maximum absolute atomic E-state index is 13.0. The number of hydrogen-bond acceptors (Lipinski definition) is 6. The van der Waals surface area contributed by atoms with Crippen LogP contribution in [0, 0.1) is 0 Å².